The molecule has 1 saturated heterocycles. The molecule has 2 N–H and O–H groups in total. The van der Waals surface area contributed by atoms with Gasteiger partial charge in [0, 0.05) is 20.2 Å². The van der Waals surface area contributed by atoms with Crippen molar-refractivity contribution in [2.24, 2.45) is 5.73 Å². The van der Waals surface area contributed by atoms with Gasteiger partial charge in [-0.05, 0) is 17.7 Å². The molecule has 6 nitrogen and oxygen atoms in total. The first-order valence-electron chi connectivity index (χ1n) is 7.03. The average Bonchev–Trinajstić information content (AvgIpc) is 2.56. The summed E-state index contributed by atoms with van der Waals surface area (Å²) in [6.07, 6.45) is -0.606. The van der Waals surface area contributed by atoms with Crippen LogP contribution in [0.25, 0.3) is 0 Å². The number of alkyl halides is 1. The molecule has 1 aromatic rings. The smallest absolute Gasteiger partial charge is 0.243 e. The molecule has 0 bridgehead atoms. The molecule has 8 heteroatoms. The van der Waals surface area contributed by atoms with E-state index in [4.69, 9.17) is 15.2 Å². The third-order valence-corrected chi connectivity index (χ3v) is 5.55. The summed E-state index contributed by atoms with van der Waals surface area (Å²) in [6, 6.07) is 5.43. The molecular weight excluding hydrogens is 311 g/mol. The summed E-state index contributed by atoms with van der Waals surface area (Å²) in [7, 11) is -2.09. The van der Waals surface area contributed by atoms with Crippen LogP contribution in [0, 0.1) is 0 Å². The Labute approximate surface area is 130 Å². The lowest BCUT2D eigenvalue weighted by atomic mass is 10.0. The van der Waals surface area contributed by atoms with Crippen molar-refractivity contribution in [2.45, 2.75) is 17.0 Å². The molecule has 1 aromatic carbocycles. The highest BCUT2D eigenvalue weighted by Gasteiger charge is 2.27. The molecule has 22 heavy (non-hydrogen) atoms. The molecule has 0 saturated carbocycles. The van der Waals surface area contributed by atoms with Gasteiger partial charge in [-0.2, -0.15) is 4.31 Å². The van der Waals surface area contributed by atoms with Crippen LogP contribution in [0.4, 0.5) is 4.39 Å². The Balaban J connectivity index is 2.20. The molecular formula is C14H21FN2O4S. The number of nitrogens with zero attached hydrogens (tertiary/aromatic N) is 1. The zero-order valence-corrected chi connectivity index (χ0v) is 13.3. The van der Waals surface area contributed by atoms with Crippen molar-refractivity contribution >= 4 is 10.0 Å². The molecule has 0 unspecified atom stereocenters. The molecule has 124 valence electrons. The van der Waals surface area contributed by atoms with E-state index in [0.29, 0.717) is 31.9 Å². The van der Waals surface area contributed by atoms with Crippen LogP contribution in [0.15, 0.2) is 29.2 Å². The fraction of sp³-hybridized carbons (Fsp3) is 0.571. The predicted molar refractivity (Wildman–Crippen MR) is 79.7 cm³/mol. The minimum absolute atomic E-state index is 0.196. The van der Waals surface area contributed by atoms with Gasteiger partial charge >= 0.3 is 0 Å². The normalized spacial score (nSPS) is 19.8. The van der Waals surface area contributed by atoms with Crippen molar-refractivity contribution in [2.75, 3.05) is 40.1 Å². The molecule has 0 aliphatic carbocycles. The monoisotopic (exact) mass is 332 g/mol. The van der Waals surface area contributed by atoms with Gasteiger partial charge in [0.25, 0.3) is 0 Å². The van der Waals surface area contributed by atoms with E-state index in [1.807, 2.05) is 0 Å². The summed E-state index contributed by atoms with van der Waals surface area (Å²) in [5.41, 5.74) is 6.31. The number of rotatable bonds is 6. The Morgan fingerprint density at radius 1 is 1.32 bits per heavy atom. The van der Waals surface area contributed by atoms with E-state index < -0.39 is 28.8 Å². The fourth-order valence-electron chi connectivity index (χ4n) is 2.40. The molecule has 1 fully saturated rings. The zero-order valence-electron chi connectivity index (χ0n) is 12.4. The molecule has 0 amide bonds. The summed E-state index contributed by atoms with van der Waals surface area (Å²) in [6.45, 7) is 0.768. The fourth-order valence-corrected chi connectivity index (χ4v) is 3.81. The summed E-state index contributed by atoms with van der Waals surface area (Å²) in [5, 5.41) is 0. The second kappa shape index (κ2) is 7.47. The lowest BCUT2D eigenvalue weighted by molar-refractivity contribution is 0.0719. The van der Waals surface area contributed by atoms with Gasteiger partial charge in [-0.25, -0.2) is 12.8 Å². The van der Waals surface area contributed by atoms with Crippen LogP contribution in [-0.2, 0) is 19.5 Å². The number of benzene rings is 1. The SMILES string of the molecule is CO[C@H](c1ccc(S(=O)(=O)N2CCOCC2)cc1)[C@H](N)CF. The van der Waals surface area contributed by atoms with E-state index in [2.05, 4.69) is 0 Å². The lowest BCUT2D eigenvalue weighted by Crippen LogP contribution is -2.40. The van der Waals surface area contributed by atoms with Crippen molar-refractivity contribution in [1.82, 2.24) is 4.31 Å². The molecule has 1 aliphatic rings. The van der Waals surface area contributed by atoms with E-state index >= 15 is 0 Å². The van der Waals surface area contributed by atoms with E-state index in [-0.39, 0.29) is 4.90 Å². The van der Waals surface area contributed by atoms with E-state index in [1.165, 1.54) is 23.5 Å². The number of nitrogens with two attached hydrogens (primary N) is 1. The van der Waals surface area contributed by atoms with Gasteiger partial charge in [0.2, 0.25) is 10.0 Å². The molecule has 0 spiro atoms. The number of ether oxygens (including phenoxy) is 2. The van der Waals surface area contributed by atoms with Crippen LogP contribution in [-0.4, -0.2) is 58.9 Å². The van der Waals surface area contributed by atoms with E-state index in [0.717, 1.165) is 0 Å². The predicted octanol–water partition coefficient (Wildman–Crippen LogP) is 0.692. The van der Waals surface area contributed by atoms with Crippen molar-refractivity contribution in [3.63, 3.8) is 0 Å². The summed E-state index contributed by atoms with van der Waals surface area (Å²) in [5.74, 6) is 0. The highest BCUT2D eigenvalue weighted by atomic mass is 32.2. The maximum atomic E-state index is 12.7. The zero-order chi connectivity index (χ0) is 16.2. The second-order valence-corrected chi connectivity index (χ2v) is 7.00. The van der Waals surface area contributed by atoms with Gasteiger partial charge in [0.15, 0.2) is 0 Å². The van der Waals surface area contributed by atoms with Gasteiger partial charge < -0.3 is 15.2 Å². The van der Waals surface area contributed by atoms with Crippen LogP contribution in [0.5, 0.6) is 0 Å². The largest absolute Gasteiger partial charge is 0.379 e. The quantitative estimate of drug-likeness (QED) is 0.829. The second-order valence-electron chi connectivity index (χ2n) is 5.06. The van der Waals surface area contributed by atoms with Crippen LogP contribution in [0.3, 0.4) is 0 Å². The maximum absolute atomic E-state index is 12.7. The number of hydrogen-bond acceptors (Lipinski definition) is 5. The number of sulfonamides is 1. The Morgan fingerprint density at radius 2 is 1.91 bits per heavy atom. The third kappa shape index (κ3) is 3.64. The Kier molecular flexibility index (Phi) is 5.87. The van der Waals surface area contributed by atoms with Gasteiger partial charge in [0.1, 0.15) is 6.67 Å². The molecule has 2 rings (SSSR count). The standard InChI is InChI=1S/C14H21FN2O4S/c1-20-14(13(16)10-15)11-2-4-12(5-3-11)22(18,19)17-6-8-21-9-7-17/h2-5,13-14H,6-10,16H2,1H3/t13-,14-/m1/s1. The molecule has 0 aromatic heterocycles. The van der Waals surface area contributed by atoms with Crippen LogP contribution < -0.4 is 5.73 Å². The average molecular weight is 332 g/mol. The number of methoxy groups -OCH3 is 1. The van der Waals surface area contributed by atoms with Crippen molar-refractivity contribution in [3.8, 4) is 0 Å². The van der Waals surface area contributed by atoms with Crippen molar-refractivity contribution in [1.29, 1.82) is 0 Å². The van der Waals surface area contributed by atoms with Crippen molar-refractivity contribution in [3.05, 3.63) is 29.8 Å². The number of hydrogen-bond donors (Lipinski definition) is 1. The van der Waals surface area contributed by atoms with Gasteiger partial charge in [-0.3, -0.25) is 0 Å². The van der Waals surface area contributed by atoms with E-state index in [1.54, 1.807) is 12.1 Å². The minimum Gasteiger partial charge on any atom is -0.379 e. The van der Waals surface area contributed by atoms with Crippen LogP contribution in [0.1, 0.15) is 11.7 Å². The molecule has 0 radical (unpaired) electrons. The van der Waals surface area contributed by atoms with E-state index in [9.17, 15) is 12.8 Å². The minimum atomic E-state index is -3.53. The lowest BCUT2D eigenvalue weighted by Gasteiger charge is -2.26. The highest BCUT2D eigenvalue weighted by Crippen LogP contribution is 2.23. The van der Waals surface area contributed by atoms with Gasteiger partial charge in [-0.15, -0.1) is 0 Å². The first kappa shape index (κ1) is 17.3. The Hall–Kier alpha value is -1.06. The first-order valence-corrected chi connectivity index (χ1v) is 8.47. The van der Waals surface area contributed by atoms with Crippen LogP contribution >= 0.6 is 0 Å². The number of morpholine rings is 1. The summed E-state index contributed by atoms with van der Waals surface area (Å²) in [4.78, 5) is 0.196. The topological polar surface area (TPSA) is 81.9 Å². The molecule has 1 heterocycles. The highest BCUT2D eigenvalue weighted by molar-refractivity contribution is 7.89. The molecule has 2 atom stereocenters. The summed E-state index contributed by atoms with van der Waals surface area (Å²) >= 11 is 0. The first-order chi connectivity index (χ1) is 10.5. The van der Waals surface area contributed by atoms with Gasteiger partial charge in [-0.1, -0.05) is 12.1 Å². The Morgan fingerprint density at radius 3 is 2.41 bits per heavy atom. The summed E-state index contributed by atoms with van der Waals surface area (Å²) < 4.78 is 49.4. The molecule has 1 aliphatic heterocycles. The van der Waals surface area contributed by atoms with Crippen molar-refractivity contribution < 1.29 is 22.3 Å². The number of halogens is 1. The maximum Gasteiger partial charge on any atom is 0.243 e. The van der Waals surface area contributed by atoms with Crippen LogP contribution in [0.2, 0.25) is 0 Å². The third-order valence-electron chi connectivity index (χ3n) is 3.64. The van der Waals surface area contributed by atoms with Gasteiger partial charge in [0.05, 0.1) is 30.3 Å². The Bertz CT molecular complexity index is 573.